The van der Waals surface area contributed by atoms with Crippen LogP contribution in [0.4, 0.5) is 0 Å². The molecule has 0 nitrogen and oxygen atoms in total. The standard InChI is InChI=1S/C42H28SSi/c1-4-13-29(14-5-1)30-23-25-36-39(28-30)43-38-21-12-20-34(42(36)38)31-24-26-41-37(27-31)35-19-10-11-22-40(35)44(41,32-15-6-2-7-16-32)33-17-8-3-9-18-33/h1-28H. The summed E-state index contributed by atoms with van der Waals surface area (Å²) in [4.78, 5) is 0. The van der Waals surface area contributed by atoms with Crippen molar-refractivity contribution in [3.8, 4) is 33.4 Å². The summed E-state index contributed by atoms with van der Waals surface area (Å²) in [7, 11) is -2.47. The first-order chi connectivity index (χ1) is 21.8. The topological polar surface area (TPSA) is 0 Å². The van der Waals surface area contributed by atoms with Crippen molar-refractivity contribution in [2.75, 3.05) is 0 Å². The molecular weight excluding hydrogens is 565 g/mol. The van der Waals surface area contributed by atoms with Gasteiger partial charge in [0.2, 0.25) is 0 Å². The highest BCUT2D eigenvalue weighted by atomic mass is 32.1. The van der Waals surface area contributed by atoms with E-state index in [0.29, 0.717) is 0 Å². The van der Waals surface area contributed by atoms with Crippen LogP contribution in [0.2, 0.25) is 0 Å². The fraction of sp³-hybridized carbons (Fsp3) is 0. The largest absolute Gasteiger partial charge is 0.180 e. The summed E-state index contributed by atoms with van der Waals surface area (Å²) in [5, 5.41) is 8.52. The second-order valence-corrected chi connectivity index (χ2v) is 16.5. The van der Waals surface area contributed by atoms with Crippen LogP contribution in [-0.4, -0.2) is 8.07 Å². The van der Waals surface area contributed by atoms with Crippen LogP contribution in [0, 0.1) is 0 Å². The van der Waals surface area contributed by atoms with Crippen LogP contribution in [0.15, 0.2) is 170 Å². The van der Waals surface area contributed by atoms with Gasteiger partial charge >= 0.3 is 0 Å². The van der Waals surface area contributed by atoms with Crippen molar-refractivity contribution in [3.05, 3.63) is 170 Å². The molecule has 7 aromatic carbocycles. The van der Waals surface area contributed by atoms with E-state index in [-0.39, 0.29) is 0 Å². The molecular formula is C42H28SSi. The molecule has 2 heteroatoms. The average Bonchev–Trinajstić information content (AvgIpc) is 3.63. The number of fused-ring (bicyclic) bond motifs is 6. The summed E-state index contributed by atoms with van der Waals surface area (Å²) in [6, 6.07) is 63.4. The first-order valence-electron chi connectivity index (χ1n) is 15.2. The molecule has 0 bridgehead atoms. The summed E-state index contributed by atoms with van der Waals surface area (Å²) in [6.45, 7) is 0. The van der Waals surface area contributed by atoms with Gasteiger partial charge in [-0.05, 0) is 72.3 Å². The van der Waals surface area contributed by atoms with Crippen LogP contribution in [0.25, 0.3) is 53.6 Å². The van der Waals surface area contributed by atoms with Crippen LogP contribution in [0.5, 0.6) is 0 Å². The molecule has 2 heterocycles. The highest BCUT2D eigenvalue weighted by molar-refractivity contribution is 7.26. The van der Waals surface area contributed by atoms with Gasteiger partial charge in [0.25, 0.3) is 0 Å². The molecule has 0 aliphatic carbocycles. The smallest absolute Gasteiger partial charge is 0.135 e. The van der Waals surface area contributed by atoms with E-state index >= 15 is 0 Å². The minimum atomic E-state index is -2.47. The van der Waals surface area contributed by atoms with Crippen molar-refractivity contribution < 1.29 is 0 Å². The van der Waals surface area contributed by atoms with Crippen molar-refractivity contribution in [3.63, 3.8) is 0 Å². The van der Waals surface area contributed by atoms with E-state index in [2.05, 4.69) is 170 Å². The second kappa shape index (κ2) is 10.0. The SMILES string of the molecule is c1ccc(-c2ccc3c(c2)sc2cccc(-c4ccc5c(c4)-c4ccccc4[Si]5(c4ccccc4)c4ccccc4)c23)cc1. The zero-order chi connectivity index (χ0) is 29.1. The zero-order valence-corrected chi connectivity index (χ0v) is 25.9. The first kappa shape index (κ1) is 25.5. The monoisotopic (exact) mass is 592 g/mol. The van der Waals surface area contributed by atoms with Gasteiger partial charge in [-0.25, -0.2) is 0 Å². The lowest BCUT2D eigenvalue weighted by Gasteiger charge is -2.31. The van der Waals surface area contributed by atoms with Crippen LogP contribution < -0.4 is 20.7 Å². The Balaban J connectivity index is 1.28. The lowest BCUT2D eigenvalue weighted by molar-refractivity contribution is 1.66. The summed E-state index contributed by atoms with van der Waals surface area (Å²) >= 11 is 1.89. The summed E-state index contributed by atoms with van der Waals surface area (Å²) in [5.41, 5.74) is 7.86. The van der Waals surface area contributed by atoms with Gasteiger partial charge in [-0.2, -0.15) is 0 Å². The van der Waals surface area contributed by atoms with E-state index in [1.165, 1.54) is 74.3 Å². The molecule has 8 aromatic rings. The number of thiophene rings is 1. The number of benzene rings is 7. The van der Waals surface area contributed by atoms with E-state index in [0.717, 1.165) is 0 Å². The predicted molar refractivity (Wildman–Crippen MR) is 193 cm³/mol. The molecule has 0 amide bonds. The third-order valence-electron chi connectivity index (χ3n) is 9.37. The molecule has 1 aliphatic heterocycles. The molecule has 1 aromatic heterocycles. The van der Waals surface area contributed by atoms with Crippen LogP contribution in [-0.2, 0) is 0 Å². The van der Waals surface area contributed by atoms with E-state index < -0.39 is 8.07 Å². The number of hydrogen-bond acceptors (Lipinski definition) is 1. The third kappa shape index (κ3) is 3.68. The number of rotatable bonds is 4. The minimum Gasteiger partial charge on any atom is -0.135 e. The molecule has 1 aliphatic rings. The Morgan fingerprint density at radius 1 is 0.364 bits per heavy atom. The Kier molecular flexibility index (Phi) is 5.80. The fourth-order valence-corrected chi connectivity index (χ4v) is 13.8. The van der Waals surface area contributed by atoms with Gasteiger partial charge in [0.1, 0.15) is 0 Å². The Labute approximate surface area is 262 Å². The number of hydrogen-bond donors (Lipinski definition) is 0. The molecule has 44 heavy (non-hydrogen) atoms. The third-order valence-corrected chi connectivity index (χ3v) is 15.4. The van der Waals surface area contributed by atoms with Crippen LogP contribution in [0.1, 0.15) is 0 Å². The normalized spacial score (nSPS) is 13.2. The van der Waals surface area contributed by atoms with Crippen molar-refractivity contribution in [1.82, 2.24) is 0 Å². The quantitative estimate of drug-likeness (QED) is 0.179. The summed E-state index contributed by atoms with van der Waals surface area (Å²) in [5.74, 6) is 0. The van der Waals surface area contributed by atoms with Gasteiger partial charge in [0.15, 0.2) is 8.07 Å². The van der Waals surface area contributed by atoms with Crippen molar-refractivity contribution in [2.45, 2.75) is 0 Å². The predicted octanol–water partition coefficient (Wildman–Crippen LogP) is 8.75. The van der Waals surface area contributed by atoms with Gasteiger partial charge in [-0.1, -0.05) is 152 Å². The van der Waals surface area contributed by atoms with E-state index in [9.17, 15) is 0 Å². The van der Waals surface area contributed by atoms with E-state index in [1.807, 2.05) is 11.3 Å². The van der Waals surface area contributed by atoms with Gasteiger partial charge in [-0.15, -0.1) is 11.3 Å². The van der Waals surface area contributed by atoms with Crippen LogP contribution >= 0.6 is 11.3 Å². The molecule has 0 saturated heterocycles. The molecule has 0 unspecified atom stereocenters. The highest BCUT2D eigenvalue weighted by Crippen LogP contribution is 2.42. The molecule has 0 saturated carbocycles. The molecule has 0 N–H and O–H groups in total. The first-order valence-corrected chi connectivity index (χ1v) is 18.0. The van der Waals surface area contributed by atoms with E-state index in [1.54, 1.807) is 0 Å². The molecule has 206 valence electrons. The summed E-state index contributed by atoms with van der Waals surface area (Å²) < 4.78 is 2.67. The van der Waals surface area contributed by atoms with Gasteiger partial charge in [0, 0.05) is 20.2 Å². The minimum absolute atomic E-state index is 1.26. The lowest BCUT2D eigenvalue weighted by Crippen LogP contribution is -2.72. The molecule has 0 radical (unpaired) electrons. The fourth-order valence-electron chi connectivity index (χ4n) is 7.49. The Hall–Kier alpha value is -5.02. The Morgan fingerprint density at radius 2 is 0.977 bits per heavy atom. The average molecular weight is 593 g/mol. The molecule has 0 fully saturated rings. The highest BCUT2D eigenvalue weighted by Gasteiger charge is 2.48. The van der Waals surface area contributed by atoms with Crippen molar-refractivity contribution in [1.29, 1.82) is 0 Å². The molecule has 0 atom stereocenters. The van der Waals surface area contributed by atoms with Crippen molar-refractivity contribution >= 4 is 60.3 Å². The molecule has 0 spiro atoms. The zero-order valence-electron chi connectivity index (χ0n) is 24.1. The second-order valence-electron chi connectivity index (χ2n) is 11.6. The Morgan fingerprint density at radius 3 is 1.73 bits per heavy atom. The van der Waals surface area contributed by atoms with Crippen molar-refractivity contribution in [2.24, 2.45) is 0 Å². The summed E-state index contributed by atoms with van der Waals surface area (Å²) in [6.07, 6.45) is 0. The van der Waals surface area contributed by atoms with Gasteiger partial charge in [0.05, 0.1) is 0 Å². The maximum absolute atomic E-state index is 2.48. The maximum Gasteiger partial charge on any atom is 0.180 e. The van der Waals surface area contributed by atoms with Crippen LogP contribution in [0.3, 0.4) is 0 Å². The molecule has 9 rings (SSSR count). The maximum atomic E-state index is 2.48. The van der Waals surface area contributed by atoms with E-state index in [4.69, 9.17) is 0 Å². The lowest BCUT2D eigenvalue weighted by atomic mass is 9.95. The Bertz CT molecular complexity index is 2280. The van der Waals surface area contributed by atoms with Gasteiger partial charge < -0.3 is 0 Å². The van der Waals surface area contributed by atoms with Gasteiger partial charge in [-0.3, -0.25) is 0 Å².